The van der Waals surface area contributed by atoms with E-state index in [1.54, 1.807) is 0 Å². The highest BCUT2D eigenvalue weighted by atomic mass is 127. The Kier molecular flexibility index (Phi) is 12.4. The molecule has 0 aromatic heterocycles. The van der Waals surface area contributed by atoms with Crippen LogP contribution < -0.4 is 10.6 Å². The van der Waals surface area contributed by atoms with Gasteiger partial charge in [0, 0.05) is 45.8 Å². The number of ether oxygens (including phenoxy) is 1. The van der Waals surface area contributed by atoms with Crippen molar-refractivity contribution in [2.45, 2.75) is 77.9 Å². The van der Waals surface area contributed by atoms with Crippen molar-refractivity contribution in [2.24, 2.45) is 10.9 Å². The summed E-state index contributed by atoms with van der Waals surface area (Å²) in [6.45, 7) is 14.0. The van der Waals surface area contributed by atoms with E-state index in [-0.39, 0.29) is 30.1 Å². The van der Waals surface area contributed by atoms with Gasteiger partial charge in [-0.25, -0.2) is 4.79 Å². The molecule has 176 valence electrons. The van der Waals surface area contributed by atoms with Crippen LogP contribution in [0, 0.1) is 5.92 Å². The minimum absolute atomic E-state index is 0. The third kappa shape index (κ3) is 10.0. The van der Waals surface area contributed by atoms with Crippen LogP contribution in [0.5, 0.6) is 0 Å². The molecule has 0 bridgehead atoms. The molecule has 2 rings (SSSR count). The van der Waals surface area contributed by atoms with Gasteiger partial charge in [-0.3, -0.25) is 4.99 Å². The first-order valence-corrected chi connectivity index (χ1v) is 11.5. The minimum atomic E-state index is -0.434. The summed E-state index contributed by atoms with van der Waals surface area (Å²) in [6, 6.07) is 0.506. The van der Waals surface area contributed by atoms with E-state index >= 15 is 0 Å². The zero-order chi connectivity index (χ0) is 21.3. The molecule has 0 aliphatic carbocycles. The molecule has 2 aliphatic rings. The second-order valence-electron chi connectivity index (χ2n) is 9.48. The first kappa shape index (κ1) is 27.3. The molecule has 0 aromatic carbocycles. The molecular formula is C22H44IN5O2. The number of piperidine rings is 2. The van der Waals surface area contributed by atoms with Crippen LogP contribution in [0.4, 0.5) is 4.79 Å². The lowest BCUT2D eigenvalue weighted by molar-refractivity contribution is 0.0162. The first-order chi connectivity index (χ1) is 13.8. The fraction of sp³-hybridized carbons (Fsp3) is 0.909. The smallest absolute Gasteiger partial charge is 0.410 e. The zero-order valence-corrected chi connectivity index (χ0v) is 22.0. The normalized spacial score (nSPS) is 21.7. The van der Waals surface area contributed by atoms with Crippen LogP contribution in [-0.4, -0.2) is 79.8 Å². The third-order valence-electron chi connectivity index (χ3n) is 5.71. The van der Waals surface area contributed by atoms with Crippen molar-refractivity contribution in [1.29, 1.82) is 0 Å². The Labute approximate surface area is 200 Å². The highest BCUT2D eigenvalue weighted by Crippen LogP contribution is 2.21. The molecule has 1 amide bonds. The predicted octanol–water partition coefficient (Wildman–Crippen LogP) is 3.68. The lowest BCUT2D eigenvalue weighted by Gasteiger charge is -2.34. The number of likely N-dealkylation sites (tertiary alicyclic amines) is 2. The quantitative estimate of drug-likeness (QED) is 0.308. The molecule has 7 nitrogen and oxygen atoms in total. The van der Waals surface area contributed by atoms with Crippen molar-refractivity contribution in [2.75, 3.05) is 46.3 Å². The Hall–Kier alpha value is -0.770. The predicted molar refractivity (Wildman–Crippen MR) is 135 cm³/mol. The summed E-state index contributed by atoms with van der Waals surface area (Å²) in [5.41, 5.74) is -0.434. The third-order valence-corrected chi connectivity index (χ3v) is 5.71. The average molecular weight is 538 g/mol. The van der Waals surface area contributed by atoms with E-state index in [9.17, 15) is 4.79 Å². The number of carbonyl (C=O) groups excluding carboxylic acids is 1. The van der Waals surface area contributed by atoms with Crippen molar-refractivity contribution in [3.05, 3.63) is 0 Å². The fourth-order valence-electron chi connectivity index (χ4n) is 4.19. The molecule has 0 spiro atoms. The highest BCUT2D eigenvalue weighted by molar-refractivity contribution is 14.0. The van der Waals surface area contributed by atoms with Gasteiger partial charge >= 0.3 is 6.09 Å². The average Bonchev–Trinajstić information content (AvgIpc) is 2.68. The first-order valence-electron chi connectivity index (χ1n) is 11.5. The second-order valence-corrected chi connectivity index (χ2v) is 9.48. The molecule has 1 atom stereocenters. The van der Waals surface area contributed by atoms with E-state index in [1.165, 1.54) is 45.3 Å². The van der Waals surface area contributed by atoms with Gasteiger partial charge in [0.1, 0.15) is 5.60 Å². The second kappa shape index (κ2) is 13.6. The van der Waals surface area contributed by atoms with E-state index < -0.39 is 5.60 Å². The van der Waals surface area contributed by atoms with Gasteiger partial charge in [0.2, 0.25) is 0 Å². The Morgan fingerprint density at radius 3 is 2.47 bits per heavy atom. The minimum Gasteiger partial charge on any atom is -0.444 e. The Balaban J connectivity index is 0.00000450. The summed E-state index contributed by atoms with van der Waals surface area (Å²) in [6.07, 6.45) is 6.66. The van der Waals surface area contributed by atoms with E-state index in [2.05, 4.69) is 27.4 Å². The topological polar surface area (TPSA) is 69.2 Å². The molecular weight excluding hydrogens is 493 g/mol. The number of rotatable bonds is 6. The SMILES string of the molecule is CCCN1CCC(NC(=NC)NCCC2CCCN(C(=O)OC(C)(C)C)C2)CC1.I. The van der Waals surface area contributed by atoms with Crippen molar-refractivity contribution in [3.63, 3.8) is 0 Å². The van der Waals surface area contributed by atoms with Crippen LogP contribution in [0.3, 0.4) is 0 Å². The number of amides is 1. The summed E-state index contributed by atoms with van der Waals surface area (Å²) in [5, 5.41) is 7.06. The number of halogens is 1. The maximum Gasteiger partial charge on any atom is 0.410 e. The monoisotopic (exact) mass is 537 g/mol. The summed E-state index contributed by atoms with van der Waals surface area (Å²) in [5.74, 6) is 1.41. The molecule has 1 unspecified atom stereocenters. The molecule has 2 fully saturated rings. The van der Waals surface area contributed by atoms with Gasteiger partial charge in [-0.15, -0.1) is 24.0 Å². The molecule has 0 saturated carbocycles. The van der Waals surface area contributed by atoms with Gasteiger partial charge in [0.25, 0.3) is 0 Å². The van der Waals surface area contributed by atoms with Crippen LogP contribution in [0.25, 0.3) is 0 Å². The highest BCUT2D eigenvalue weighted by Gasteiger charge is 2.27. The van der Waals surface area contributed by atoms with E-state index in [0.717, 1.165) is 38.4 Å². The Morgan fingerprint density at radius 2 is 1.87 bits per heavy atom. The molecule has 8 heteroatoms. The number of aliphatic imine (C=N–C) groups is 1. The van der Waals surface area contributed by atoms with Gasteiger partial charge in [0.05, 0.1) is 0 Å². The van der Waals surface area contributed by atoms with E-state index in [0.29, 0.717) is 12.0 Å². The van der Waals surface area contributed by atoms with Gasteiger partial charge in [-0.2, -0.15) is 0 Å². The number of nitrogens with zero attached hydrogens (tertiary/aromatic N) is 3. The fourth-order valence-corrected chi connectivity index (χ4v) is 4.19. The van der Waals surface area contributed by atoms with Crippen molar-refractivity contribution >= 4 is 36.0 Å². The van der Waals surface area contributed by atoms with E-state index in [4.69, 9.17) is 4.74 Å². The maximum atomic E-state index is 12.3. The van der Waals surface area contributed by atoms with Gasteiger partial charge in [-0.05, 0) is 71.8 Å². The van der Waals surface area contributed by atoms with Crippen molar-refractivity contribution < 1.29 is 9.53 Å². The summed E-state index contributed by atoms with van der Waals surface area (Å²) in [7, 11) is 1.84. The summed E-state index contributed by atoms with van der Waals surface area (Å²) >= 11 is 0. The molecule has 2 N–H and O–H groups in total. The van der Waals surface area contributed by atoms with Gasteiger partial charge in [-0.1, -0.05) is 6.92 Å². The van der Waals surface area contributed by atoms with Crippen LogP contribution in [0.1, 0.15) is 66.2 Å². The molecule has 2 aliphatic heterocycles. The number of carbonyl (C=O) groups is 1. The molecule has 0 aromatic rings. The lowest BCUT2D eigenvalue weighted by atomic mass is 9.95. The molecule has 30 heavy (non-hydrogen) atoms. The zero-order valence-electron chi connectivity index (χ0n) is 19.7. The number of hydrogen-bond acceptors (Lipinski definition) is 4. The molecule has 2 heterocycles. The van der Waals surface area contributed by atoms with Crippen LogP contribution in [0.2, 0.25) is 0 Å². The summed E-state index contributed by atoms with van der Waals surface area (Å²) in [4.78, 5) is 21.1. The van der Waals surface area contributed by atoms with Crippen molar-refractivity contribution in [1.82, 2.24) is 20.4 Å². The Morgan fingerprint density at radius 1 is 1.17 bits per heavy atom. The number of guanidine groups is 1. The van der Waals surface area contributed by atoms with Crippen LogP contribution >= 0.6 is 24.0 Å². The molecule has 0 radical (unpaired) electrons. The largest absolute Gasteiger partial charge is 0.444 e. The maximum absolute atomic E-state index is 12.3. The van der Waals surface area contributed by atoms with Crippen LogP contribution in [-0.2, 0) is 4.74 Å². The lowest BCUT2D eigenvalue weighted by Crippen LogP contribution is -2.49. The van der Waals surface area contributed by atoms with Crippen LogP contribution in [0.15, 0.2) is 4.99 Å². The summed E-state index contributed by atoms with van der Waals surface area (Å²) < 4.78 is 5.53. The van der Waals surface area contributed by atoms with Gasteiger partial charge in [0.15, 0.2) is 5.96 Å². The Bertz CT molecular complexity index is 530. The standard InChI is InChI=1S/C22H43N5O2.HI/c1-6-13-26-15-10-19(11-16-26)25-20(23-5)24-12-9-18-8-7-14-27(17-18)21(28)29-22(2,3)4;/h18-19H,6-17H2,1-5H3,(H2,23,24,25);1H. The van der Waals surface area contributed by atoms with Gasteiger partial charge < -0.3 is 25.2 Å². The van der Waals surface area contributed by atoms with Crippen molar-refractivity contribution in [3.8, 4) is 0 Å². The van der Waals surface area contributed by atoms with E-state index in [1.807, 2.05) is 32.7 Å². The number of hydrogen-bond donors (Lipinski definition) is 2. The number of nitrogens with one attached hydrogen (secondary N) is 2. The molecule has 2 saturated heterocycles.